The normalized spacial score (nSPS) is 32.8. The van der Waals surface area contributed by atoms with Crippen LogP contribution in [0.4, 0.5) is 22.0 Å². The average Bonchev–Trinajstić information content (AvgIpc) is 2.91. The minimum absolute atomic E-state index is 0.0211. The van der Waals surface area contributed by atoms with Gasteiger partial charge in [-0.2, -0.15) is 30.4 Å². The van der Waals surface area contributed by atoms with Crippen LogP contribution in [0.2, 0.25) is 0 Å². The van der Waals surface area contributed by atoms with Gasteiger partial charge in [0.2, 0.25) is 0 Å². The zero-order chi connectivity index (χ0) is 17.8. The smallest absolute Gasteiger partial charge is 0.432 e. The van der Waals surface area contributed by atoms with Crippen LogP contribution >= 0.6 is 0 Å². The fraction of sp³-hybridized carbons (Fsp3) is 0.909. The molecule has 0 spiro atoms. The Hall–Kier alpha value is -1.01. The maximum absolute atomic E-state index is 13.3. The maximum Gasteiger partial charge on any atom is 0.432 e. The largest absolute Gasteiger partial charge is 0.444 e. The predicted octanol–water partition coefficient (Wildman–Crippen LogP) is 1.35. The van der Waals surface area contributed by atoms with Gasteiger partial charge in [-0.1, -0.05) is 0 Å². The Bertz CT molecular complexity index is 586. The summed E-state index contributed by atoms with van der Waals surface area (Å²) in [5.74, 6) is -3.57. The SMILES string of the molecule is O=C(OC(C(F)(F)F)C(F)(F)S(=O)(=O)O)C1CC2CC1CC2O. The molecule has 2 aliphatic carbocycles. The van der Waals surface area contributed by atoms with Crippen molar-refractivity contribution in [2.75, 3.05) is 0 Å². The zero-order valence-corrected chi connectivity index (χ0v) is 12.2. The molecule has 12 heteroatoms. The van der Waals surface area contributed by atoms with E-state index in [0.29, 0.717) is 6.42 Å². The van der Waals surface area contributed by atoms with Crippen LogP contribution in [0.3, 0.4) is 0 Å². The number of carbonyl (C=O) groups is 1. The van der Waals surface area contributed by atoms with E-state index in [4.69, 9.17) is 4.55 Å². The van der Waals surface area contributed by atoms with Gasteiger partial charge in [0.15, 0.2) is 0 Å². The Balaban J connectivity index is 2.18. The number of esters is 1. The minimum atomic E-state index is -6.44. The van der Waals surface area contributed by atoms with Crippen LogP contribution in [0.5, 0.6) is 0 Å². The lowest BCUT2D eigenvalue weighted by Gasteiger charge is -2.29. The Morgan fingerprint density at radius 2 is 1.65 bits per heavy atom. The summed E-state index contributed by atoms with van der Waals surface area (Å²) in [5.41, 5.74) is 0. The van der Waals surface area contributed by atoms with Crippen LogP contribution in [0.1, 0.15) is 19.3 Å². The Morgan fingerprint density at radius 3 is 2.00 bits per heavy atom. The van der Waals surface area contributed by atoms with Crippen molar-refractivity contribution in [3.8, 4) is 0 Å². The van der Waals surface area contributed by atoms with Crippen LogP contribution in [-0.4, -0.2) is 47.7 Å². The van der Waals surface area contributed by atoms with Crippen LogP contribution in [-0.2, 0) is 19.6 Å². The molecule has 0 radical (unpaired) electrons. The second kappa shape index (κ2) is 5.52. The van der Waals surface area contributed by atoms with E-state index in [0.717, 1.165) is 0 Å². The Morgan fingerprint density at radius 1 is 1.09 bits per heavy atom. The molecule has 2 bridgehead atoms. The standard InChI is InChI=1S/C11H13F5O6S/c12-10(13,14)9(11(15,16)23(19,20)21)22-8(18)6-2-5-1-4(6)3-7(5)17/h4-7,9,17H,1-3H2,(H,19,20,21). The highest BCUT2D eigenvalue weighted by atomic mass is 32.2. The fourth-order valence-corrected chi connectivity index (χ4v) is 3.65. The molecule has 0 heterocycles. The second-order valence-corrected chi connectivity index (χ2v) is 7.29. The first-order valence-electron chi connectivity index (χ1n) is 6.55. The molecule has 0 saturated heterocycles. The number of fused-ring (bicyclic) bond motifs is 2. The van der Waals surface area contributed by atoms with Gasteiger partial charge in [0.1, 0.15) is 0 Å². The van der Waals surface area contributed by atoms with E-state index in [1.54, 1.807) is 0 Å². The first-order chi connectivity index (χ1) is 10.2. The zero-order valence-electron chi connectivity index (χ0n) is 11.3. The lowest BCUT2D eigenvalue weighted by atomic mass is 9.87. The molecule has 0 amide bonds. The van der Waals surface area contributed by atoms with Crippen LogP contribution in [0.15, 0.2) is 0 Å². The van der Waals surface area contributed by atoms with Gasteiger partial charge in [0.25, 0.3) is 6.10 Å². The molecule has 0 aromatic rings. The quantitative estimate of drug-likeness (QED) is 0.441. The third-order valence-electron chi connectivity index (χ3n) is 4.30. The first-order valence-corrected chi connectivity index (χ1v) is 7.99. The molecular weight excluding hydrogens is 355 g/mol. The molecule has 23 heavy (non-hydrogen) atoms. The minimum Gasteiger partial charge on any atom is -0.444 e. The van der Waals surface area contributed by atoms with Crippen molar-refractivity contribution in [1.82, 2.24) is 0 Å². The van der Waals surface area contributed by atoms with Crippen molar-refractivity contribution in [3.05, 3.63) is 0 Å². The molecule has 2 N–H and O–H groups in total. The third-order valence-corrected chi connectivity index (χ3v) is 5.20. The van der Waals surface area contributed by atoms with Crippen LogP contribution in [0, 0.1) is 17.8 Å². The van der Waals surface area contributed by atoms with E-state index in [2.05, 4.69) is 4.74 Å². The number of halogens is 5. The fourth-order valence-electron chi connectivity index (χ4n) is 3.20. The molecular formula is C11H13F5O6S. The Labute approximate surface area is 127 Å². The van der Waals surface area contributed by atoms with E-state index in [-0.39, 0.29) is 18.8 Å². The van der Waals surface area contributed by atoms with Crippen molar-refractivity contribution < 1.29 is 49.6 Å². The molecule has 0 aliphatic heterocycles. The van der Waals surface area contributed by atoms with E-state index >= 15 is 0 Å². The lowest BCUT2D eigenvalue weighted by molar-refractivity contribution is -0.261. The average molecular weight is 368 g/mol. The highest BCUT2D eigenvalue weighted by Gasteiger charge is 2.66. The molecule has 6 nitrogen and oxygen atoms in total. The molecule has 2 saturated carbocycles. The molecule has 0 aromatic heterocycles. The summed E-state index contributed by atoms with van der Waals surface area (Å²) < 4.78 is 97.7. The summed E-state index contributed by atoms with van der Waals surface area (Å²) in [7, 11) is -6.44. The summed E-state index contributed by atoms with van der Waals surface area (Å²) in [6, 6.07) is 0. The third kappa shape index (κ3) is 3.29. The molecule has 2 aliphatic rings. The number of aliphatic hydroxyl groups is 1. The van der Waals surface area contributed by atoms with Gasteiger partial charge < -0.3 is 9.84 Å². The summed E-state index contributed by atoms with van der Waals surface area (Å²) in [4.78, 5) is 11.8. The van der Waals surface area contributed by atoms with Crippen LogP contribution in [0.25, 0.3) is 0 Å². The van der Waals surface area contributed by atoms with Gasteiger partial charge in [0.05, 0.1) is 12.0 Å². The summed E-state index contributed by atoms with van der Waals surface area (Å²) in [6.45, 7) is 0. The first kappa shape index (κ1) is 18.3. The number of alkyl halides is 5. The van der Waals surface area contributed by atoms with E-state index < -0.39 is 51.6 Å². The lowest BCUT2D eigenvalue weighted by Crippen LogP contribution is -2.53. The number of aliphatic hydroxyl groups excluding tert-OH is 1. The van der Waals surface area contributed by atoms with E-state index in [1.807, 2.05) is 0 Å². The number of ether oxygens (including phenoxy) is 1. The van der Waals surface area contributed by atoms with Crippen molar-refractivity contribution in [2.45, 2.75) is 42.9 Å². The van der Waals surface area contributed by atoms with Gasteiger partial charge in [0, 0.05) is 0 Å². The van der Waals surface area contributed by atoms with E-state index in [1.165, 1.54) is 0 Å². The van der Waals surface area contributed by atoms with Gasteiger partial charge in [-0.3, -0.25) is 9.35 Å². The van der Waals surface area contributed by atoms with Crippen molar-refractivity contribution in [2.24, 2.45) is 17.8 Å². The second-order valence-electron chi connectivity index (χ2n) is 5.80. The summed E-state index contributed by atoms with van der Waals surface area (Å²) in [5, 5.41) is 3.78. The van der Waals surface area contributed by atoms with Crippen molar-refractivity contribution in [1.29, 1.82) is 0 Å². The van der Waals surface area contributed by atoms with E-state index in [9.17, 15) is 40.3 Å². The topological polar surface area (TPSA) is 101 Å². The maximum atomic E-state index is 13.3. The van der Waals surface area contributed by atoms with Crippen molar-refractivity contribution in [3.63, 3.8) is 0 Å². The molecule has 2 fully saturated rings. The molecule has 5 unspecified atom stereocenters. The highest BCUT2D eigenvalue weighted by Crippen LogP contribution is 2.49. The van der Waals surface area contributed by atoms with Crippen LogP contribution < -0.4 is 0 Å². The number of carbonyl (C=O) groups excluding carboxylic acids is 1. The van der Waals surface area contributed by atoms with Gasteiger partial charge in [-0.05, 0) is 31.1 Å². The van der Waals surface area contributed by atoms with Gasteiger partial charge in [-0.25, -0.2) is 0 Å². The highest BCUT2D eigenvalue weighted by molar-refractivity contribution is 7.86. The number of hydrogen-bond donors (Lipinski definition) is 2. The number of rotatable bonds is 4. The predicted molar refractivity (Wildman–Crippen MR) is 62.8 cm³/mol. The van der Waals surface area contributed by atoms with Gasteiger partial charge in [-0.15, -0.1) is 0 Å². The number of hydrogen-bond acceptors (Lipinski definition) is 5. The molecule has 5 atom stereocenters. The van der Waals surface area contributed by atoms with Crippen molar-refractivity contribution >= 4 is 16.1 Å². The molecule has 0 aromatic carbocycles. The summed E-state index contributed by atoms with van der Waals surface area (Å²) in [6.07, 6.45) is -10.4. The monoisotopic (exact) mass is 368 g/mol. The Kier molecular flexibility index (Phi) is 4.40. The molecule has 2 rings (SSSR count). The summed E-state index contributed by atoms with van der Waals surface area (Å²) >= 11 is 0. The van der Waals surface area contributed by atoms with Gasteiger partial charge >= 0.3 is 27.5 Å². The molecule has 134 valence electrons.